The van der Waals surface area contributed by atoms with Gasteiger partial charge in [-0.3, -0.25) is 4.79 Å². The minimum atomic E-state index is -0.702. The molecule has 132 valence electrons. The first kappa shape index (κ1) is 16.7. The number of carbonyl (C=O) groups is 1. The van der Waals surface area contributed by atoms with Crippen LogP contribution in [0.3, 0.4) is 0 Å². The van der Waals surface area contributed by atoms with Gasteiger partial charge in [0.05, 0.1) is 11.6 Å². The molecule has 0 saturated heterocycles. The molecule has 3 aromatic carbocycles. The van der Waals surface area contributed by atoms with Gasteiger partial charge >= 0.3 is 0 Å². The third kappa shape index (κ3) is 3.33. The Labute approximate surface area is 155 Å². The smallest absolute Gasteiger partial charge is 0.265 e. The molecular weight excluding hydrogens is 340 g/mol. The largest absolute Gasteiger partial charge is 0.481 e. The van der Waals surface area contributed by atoms with Crippen LogP contribution >= 0.6 is 0 Å². The number of benzene rings is 3. The van der Waals surface area contributed by atoms with Crippen LogP contribution in [0.2, 0.25) is 0 Å². The number of nitriles is 1. The van der Waals surface area contributed by atoms with Gasteiger partial charge in [0.25, 0.3) is 5.91 Å². The van der Waals surface area contributed by atoms with Gasteiger partial charge in [-0.25, -0.2) is 0 Å². The first-order valence-corrected chi connectivity index (χ1v) is 8.53. The molecular formula is C22H16N2O3. The molecule has 27 heavy (non-hydrogen) atoms. The Bertz CT molecular complexity index is 1190. The Morgan fingerprint density at radius 2 is 1.85 bits per heavy atom. The summed E-state index contributed by atoms with van der Waals surface area (Å²) >= 11 is 0. The lowest BCUT2D eigenvalue weighted by Crippen LogP contribution is -2.30. The molecule has 1 amide bonds. The molecule has 0 aliphatic rings. The fourth-order valence-corrected chi connectivity index (χ4v) is 2.95. The molecule has 0 radical (unpaired) electrons. The Kier molecular flexibility index (Phi) is 4.23. The SMILES string of the molecule is CC(Oc1ccc2oc3ccccc3c2c1)C(=O)Nc1cccc(C#N)c1. The van der Waals surface area contributed by atoms with Crippen molar-refractivity contribution in [3.8, 4) is 11.8 Å². The van der Waals surface area contributed by atoms with E-state index in [9.17, 15) is 4.79 Å². The van der Waals surface area contributed by atoms with Crippen molar-refractivity contribution in [1.82, 2.24) is 0 Å². The highest BCUT2D eigenvalue weighted by atomic mass is 16.5. The number of furan rings is 1. The van der Waals surface area contributed by atoms with Gasteiger partial charge in [0.1, 0.15) is 16.9 Å². The number of amides is 1. The van der Waals surface area contributed by atoms with E-state index in [2.05, 4.69) is 5.32 Å². The molecule has 1 heterocycles. The summed E-state index contributed by atoms with van der Waals surface area (Å²) in [6.07, 6.45) is -0.702. The minimum Gasteiger partial charge on any atom is -0.481 e. The number of hydrogen-bond acceptors (Lipinski definition) is 4. The van der Waals surface area contributed by atoms with Crippen LogP contribution in [0.15, 0.2) is 71.1 Å². The second-order valence-corrected chi connectivity index (χ2v) is 6.20. The highest BCUT2D eigenvalue weighted by molar-refractivity contribution is 6.05. The number of nitrogens with one attached hydrogen (secondary N) is 1. The average molecular weight is 356 g/mol. The summed E-state index contributed by atoms with van der Waals surface area (Å²) in [5.41, 5.74) is 2.63. The molecule has 0 aliphatic carbocycles. The highest BCUT2D eigenvalue weighted by Gasteiger charge is 2.16. The second kappa shape index (κ2) is 6.85. The summed E-state index contributed by atoms with van der Waals surface area (Å²) in [5, 5.41) is 13.7. The van der Waals surface area contributed by atoms with Crippen molar-refractivity contribution in [2.75, 3.05) is 5.32 Å². The molecule has 5 heteroatoms. The van der Waals surface area contributed by atoms with E-state index >= 15 is 0 Å². The fraction of sp³-hybridized carbons (Fsp3) is 0.0909. The molecule has 1 atom stereocenters. The Morgan fingerprint density at radius 1 is 1.04 bits per heavy atom. The number of rotatable bonds is 4. The molecule has 4 aromatic rings. The van der Waals surface area contributed by atoms with Gasteiger partial charge in [0.15, 0.2) is 6.10 Å². The van der Waals surface area contributed by atoms with Crippen LogP contribution in [-0.4, -0.2) is 12.0 Å². The molecule has 1 aromatic heterocycles. The number of anilines is 1. The van der Waals surface area contributed by atoms with E-state index in [4.69, 9.17) is 14.4 Å². The molecule has 5 nitrogen and oxygen atoms in total. The first-order chi connectivity index (χ1) is 13.1. The number of carbonyl (C=O) groups excluding carboxylic acids is 1. The zero-order chi connectivity index (χ0) is 18.8. The Hall–Kier alpha value is -3.78. The third-order valence-corrected chi connectivity index (χ3v) is 4.29. The van der Waals surface area contributed by atoms with Gasteiger partial charge in [-0.2, -0.15) is 5.26 Å². The summed E-state index contributed by atoms with van der Waals surface area (Å²) in [6.45, 7) is 1.68. The minimum absolute atomic E-state index is 0.290. The zero-order valence-corrected chi connectivity index (χ0v) is 14.6. The van der Waals surface area contributed by atoms with E-state index in [0.29, 0.717) is 17.0 Å². The topological polar surface area (TPSA) is 75.3 Å². The van der Waals surface area contributed by atoms with Crippen LogP contribution in [0.25, 0.3) is 21.9 Å². The van der Waals surface area contributed by atoms with Crippen LogP contribution in [-0.2, 0) is 4.79 Å². The van der Waals surface area contributed by atoms with Crippen molar-refractivity contribution in [2.45, 2.75) is 13.0 Å². The van der Waals surface area contributed by atoms with Crippen LogP contribution in [0.1, 0.15) is 12.5 Å². The number of para-hydroxylation sites is 1. The van der Waals surface area contributed by atoms with E-state index in [1.165, 1.54) is 0 Å². The fourth-order valence-electron chi connectivity index (χ4n) is 2.95. The molecule has 1 N–H and O–H groups in total. The maximum atomic E-state index is 12.4. The number of fused-ring (bicyclic) bond motifs is 3. The predicted octanol–water partition coefficient (Wildman–Crippen LogP) is 4.86. The summed E-state index contributed by atoms with van der Waals surface area (Å²) in [4.78, 5) is 12.4. The van der Waals surface area contributed by atoms with Crippen molar-refractivity contribution >= 4 is 33.5 Å². The predicted molar refractivity (Wildman–Crippen MR) is 104 cm³/mol. The van der Waals surface area contributed by atoms with E-state index < -0.39 is 6.10 Å². The summed E-state index contributed by atoms with van der Waals surface area (Å²) in [6, 6.07) is 22.1. The highest BCUT2D eigenvalue weighted by Crippen LogP contribution is 2.31. The normalized spacial score (nSPS) is 11.9. The lowest BCUT2D eigenvalue weighted by atomic mass is 10.1. The third-order valence-electron chi connectivity index (χ3n) is 4.29. The number of hydrogen-bond donors (Lipinski definition) is 1. The average Bonchev–Trinajstić information content (AvgIpc) is 3.06. The van der Waals surface area contributed by atoms with Crippen molar-refractivity contribution in [3.05, 3.63) is 72.3 Å². The summed E-state index contributed by atoms with van der Waals surface area (Å²) in [5.74, 6) is 0.296. The van der Waals surface area contributed by atoms with Crippen LogP contribution in [0, 0.1) is 11.3 Å². The van der Waals surface area contributed by atoms with Gasteiger partial charge in [-0.1, -0.05) is 24.3 Å². The van der Waals surface area contributed by atoms with Gasteiger partial charge in [-0.15, -0.1) is 0 Å². The maximum absolute atomic E-state index is 12.4. The number of nitrogens with zero attached hydrogens (tertiary/aromatic N) is 1. The van der Waals surface area contributed by atoms with Gasteiger partial charge in [0, 0.05) is 16.5 Å². The van der Waals surface area contributed by atoms with Crippen molar-refractivity contribution in [3.63, 3.8) is 0 Å². The summed E-state index contributed by atoms with van der Waals surface area (Å²) < 4.78 is 11.6. The van der Waals surface area contributed by atoms with Crippen molar-refractivity contribution in [2.24, 2.45) is 0 Å². The molecule has 4 rings (SSSR count). The van der Waals surface area contributed by atoms with E-state index in [1.807, 2.05) is 42.5 Å². The van der Waals surface area contributed by atoms with E-state index in [0.717, 1.165) is 21.9 Å². The molecule has 1 unspecified atom stereocenters. The Balaban J connectivity index is 1.53. The standard InChI is InChI=1S/C22H16N2O3/c1-14(22(25)24-16-6-4-5-15(11-16)13-23)26-17-9-10-21-19(12-17)18-7-2-3-8-20(18)27-21/h2-12,14H,1H3,(H,24,25). The van der Waals surface area contributed by atoms with Crippen molar-refractivity contribution < 1.29 is 13.9 Å². The zero-order valence-electron chi connectivity index (χ0n) is 14.6. The number of ether oxygens (including phenoxy) is 1. The molecule has 0 fully saturated rings. The van der Waals surface area contributed by atoms with Crippen molar-refractivity contribution in [1.29, 1.82) is 5.26 Å². The first-order valence-electron chi connectivity index (χ1n) is 8.53. The summed E-state index contributed by atoms with van der Waals surface area (Å²) in [7, 11) is 0. The van der Waals surface area contributed by atoms with E-state index in [-0.39, 0.29) is 5.91 Å². The molecule has 0 bridgehead atoms. The molecule has 0 saturated carbocycles. The lowest BCUT2D eigenvalue weighted by molar-refractivity contribution is -0.122. The van der Waals surface area contributed by atoms with E-state index in [1.54, 1.807) is 37.3 Å². The van der Waals surface area contributed by atoms with Gasteiger partial charge in [-0.05, 0) is 49.4 Å². The maximum Gasteiger partial charge on any atom is 0.265 e. The van der Waals surface area contributed by atoms with Gasteiger partial charge in [0.2, 0.25) is 0 Å². The van der Waals surface area contributed by atoms with Crippen LogP contribution in [0.4, 0.5) is 5.69 Å². The van der Waals surface area contributed by atoms with Gasteiger partial charge < -0.3 is 14.5 Å². The second-order valence-electron chi connectivity index (χ2n) is 6.20. The quantitative estimate of drug-likeness (QED) is 0.566. The molecule has 0 aliphatic heterocycles. The lowest BCUT2D eigenvalue weighted by Gasteiger charge is -2.15. The molecule has 0 spiro atoms. The van der Waals surface area contributed by atoms with Crippen LogP contribution in [0.5, 0.6) is 5.75 Å². The Morgan fingerprint density at radius 3 is 2.70 bits per heavy atom. The van der Waals surface area contributed by atoms with Crippen LogP contribution < -0.4 is 10.1 Å². The monoisotopic (exact) mass is 356 g/mol.